The summed E-state index contributed by atoms with van der Waals surface area (Å²) in [7, 11) is 0. The van der Waals surface area contributed by atoms with Gasteiger partial charge in [-0.1, -0.05) is 25.1 Å². The van der Waals surface area contributed by atoms with Crippen LogP contribution in [-0.2, 0) is 22.4 Å². The van der Waals surface area contributed by atoms with E-state index in [0.717, 1.165) is 36.0 Å². The summed E-state index contributed by atoms with van der Waals surface area (Å²) in [6.07, 6.45) is 2.57. The molecule has 1 aliphatic carbocycles. The van der Waals surface area contributed by atoms with Crippen molar-refractivity contribution >= 4 is 28.4 Å². The topological polar surface area (TPSA) is 104 Å². The minimum absolute atomic E-state index is 0.0564. The van der Waals surface area contributed by atoms with E-state index in [4.69, 9.17) is 20.4 Å². The molecule has 2 atom stereocenters. The zero-order chi connectivity index (χ0) is 19.6. The molecule has 3 rings (SSSR count). The first kappa shape index (κ1) is 18.7. The van der Waals surface area contributed by atoms with Gasteiger partial charge in [0.2, 0.25) is 0 Å². The number of ketones is 1. The number of esters is 1. The van der Waals surface area contributed by atoms with E-state index in [1.54, 1.807) is 6.07 Å². The van der Waals surface area contributed by atoms with Gasteiger partial charge in [0, 0.05) is 16.8 Å². The highest BCUT2D eigenvalue weighted by atomic mass is 16.5. The number of rotatable bonds is 5. The SMILES string of the molecule is CC(=N)[C@@H](C#N)C(=O)COC(=O)c1c2c(nc3ccccc13)CC[C@@H](C)C2. The van der Waals surface area contributed by atoms with Crippen molar-refractivity contribution in [3.63, 3.8) is 0 Å². The zero-order valence-electron chi connectivity index (χ0n) is 15.4. The van der Waals surface area contributed by atoms with E-state index in [1.807, 2.05) is 24.3 Å². The van der Waals surface area contributed by atoms with Crippen LogP contribution in [0.1, 0.15) is 41.9 Å². The van der Waals surface area contributed by atoms with Crippen molar-refractivity contribution in [3.05, 3.63) is 41.1 Å². The van der Waals surface area contributed by atoms with Crippen LogP contribution in [0.2, 0.25) is 0 Å². The monoisotopic (exact) mass is 363 g/mol. The number of aryl methyl sites for hydroxylation is 1. The number of para-hydroxylation sites is 1. The van der Waals surface area contributed by atoms with Crippen molar-refractivity contribution in [2.24, 2.45) is 11.8 Å². The number of hydrogen-bond acceptors (Lipinski definition) is 6. The van der Waals surface area contributed by atoms with Gasteiger partial charge in [-0.2, -0.15) is 5.26 Å². The minimum Gasteiger partial charge on any atom is -0.454 e. The van der Waals surface area contributed by atoms with E-state index in [0.29, 0.717) is 16.9 Å². The molecular formula is C21H21N3O3. The standard InChI is InChI=1S/C21H21N3O3/c1-12-7-8-18-15(9-12)20(14-5-3-4-6-17(14)24-18)21(26)27-11-19(25)16(10-22)13(2)23/h3-6,12,16,23H,7-9,11H2,1-2H3/t12-,16-/m1/s1. The summed E-state index contributed by atoms with van der Waals surface area (Å²) in [6, 6.07) is 9.18. The Morgan fingerprint density at radius 1 is 1.41 bits per heavy atom. The molecule has 0 radical (unpaired) electrons. The molecule has 1 aromatic carbocycles. The van der Waals surface area contributed by atoms with E-state index >= 15 is 0 Å². The Morgan fingerprint density at radius 3 is 2.85 bits per heavy atom. The van der Waals surface area contributed by atoms with Gasteiger partial charge >= 0.3 is 5.97 Å². The number of carbonyl (C=O) groups excluding carboxylic acids is 2. The van der Waals surface area contributed by atoms with E-state index in [9.17, 15) is 9.59 Å². The average Bonchev–Trinajstić information content (AvgIpc) is 2.64. The van der Waals surface area contributed by atoms with Crippen molar-refractivity contribution < 1.29 is 14.3 Å². The molecule has 0 spiro atoms. The molecule has 2 aromatic rings. The van der Waals surface area contributed by atoms with E-state index in [-0.39, 0.29) is 5.71 Å². The number of hydrogen-bond donors (Lipinski definition) is 1. The Labute approximate surface area is 157 Å². The van der Waals surface area contributed by atoms with Crippen LogP contribution in [0.15, 0.2) is 24.3 Å². The summed E-state index contributed by atoms with van der Waals surface area (Å²) in [5, 5.41) is 17.2. The van der Waals surface area contributed by atoms with E-state index in [2.05, 4.69) is 6.92 Å². The normalized spacial score (nSPS) is 16.9. The molecule has 6 heteroatoms. The van der Waals surface area contributed by atoms with Crippen LogP contribution in [0, 0.1) is 28.6 Å². The fourth-order valence-electron chi connectivity index (χ4n) is 3.50. The van der Waals surface area contributed by atoms with Crippen molar-refractivity contribution in [2.75, 3.05) is 6.61 Å². The first-order valence-corrected chi connectivity index (χ1v) is 8.97. The molecule has 0 unspecified atom stereocenters. The molecular weight excluding hydrogens is 342 g/mol. The predicted octanol–water partition coefficient (Wildman–Crippen LogP) is 3.26. The highest BCUT2D eigenvalue weighted by molar-refractivity contribution is 6.08. The van der Waals surface area contributed by atoms with Gasteiger partial charge in [0.25, 0.3) is 0 Å². The molecule has 0 saturated heterocycles. The second-order valence-corrected chi connectivity index (χ2v) is 7.06. The third-order valence-corrected chi connectivity index (χ3v) is 4.94. The minimum atomic E-state index is -1.18. The quantitative estimate of drug-likeness (QED) is 0.648. The molecule has 0 fully saturated rings. The van der Waals surface area contributed by atoms with Gasteiger partial charge in [-0.15, -0.1) is 0 Å². The molecule has 1 N–H and O–H groups in total. The van der Waals surface area contributed by atoms with Gasteiger partial charge < -0.3 is 10.1 Å². The van der Waals surface area contributed by atoms with Crippen LogP contribution in [0.4, 0.5) is 0 Å². The first-order chi connectivity index (χ1) is 12.9. The number of Topliss-reactive ketones (excluding diaryl/α,β-unsaturated/α-hetero) is 1. The van der Waals surface area contributed by atoms with Crippen molar-refractivity contribution in [1.82, 2.24) is 4.98 Å². The molecule has 0 aliphatic heterocycles. The summed E-state index contributed by atoms with van der Waals surface area (Å²) >= 11 is 0. The lowest BCUT2D eigenvalue weighted by atomic mass is 9.84. The number of nitrogens with zero attached hydrogens (tertiary/aromatic N) is 2. The van der Waals surface area contributed by atoms with Crippen molar-refractivity contribution in [1.29, 1.82) is 10.7 Å². The van der Waals surface area contributed by atoms with Crippen LogP contribution >= 0.6 is 0 Å². The van der Waals surface area contributed by atoms with Crippen LogP contribution < -0.4 is 0 Å². The lowest BCUT2D eigenvalue weighted by Gasteiger charge is -2.24. The summed E-state index contributed by atoms with van der Waals surface area (Å²) in [6.45, 7) is 3.01. The molecule has 0 amide bonds. The summed E-state index contributed by atoms with van der Waals surface area (Å²) in [5.74, 6) is -1.90. The Bertz CT molecular complexity index is 975. The Kier molecular flexibility index (Phi) is 5.31. The predicted molar refractivity (Wildman–Crippen MR) is 101 cm³/mol. The number of ether oxygens (including phenoxy) is 1. The third-order valence-electron chi connectivity index (χ3n) is 4.94. The van der Waals surface area contributed by atoms with E-state index in [1.165, 1.54) is 6.92 Å². The zero-order valence-corrected chi connectivity index (χ0v) is 15.4. The maximum Gasteiger partial charge on any atom is 0.339 e. The lowest BCUT2D eigenvalue weighted by molar-refractivity contribution is -0.122. The molecule has 0 bridgehead atoms. The second kappa shape index (κ2) is 7.67. The average molecular weight is 363 g/mol. The maximum absolute atomic E-state index is 12.9. The fraction of sp³-hybridized carbons (Fsp3) is 0.381. The molecule has 27 heavy (non-hydrogen) atoms. The second-order valence-electron chi connectivity index (χ2n) is 7.06. The highest BCUT2D eigenvalue weighted by Crippen LogP contribution is 2.32. The number of nitrogens with one attached hydrogen (secondary N) is 1. The van der Waals surface area contributed by atoms with E-state index < -0.39 is 24.3 Å². The van der Waals surface area contributed by atoms with Crippen LogP contribution in [-0.4, -0.2) is 29.1 Å². The Hall–Kier alpha value is -3.07. The highest BCUT2D eigenvalue weighted by Gasteiger charge is 2.27. The third kappa shape index (κ3) is 3.72. The smallest absolute Gasteiger partial charge is 0.339 e. The molecule has 138 valence electrons. The Balaban J connectivity index is 1.94. The molecule has 1 heterocycles. The Morgan fingerprint density at radius 2 is 2.15 bits per heavy atom. The van der Waals surface area contributed by atoms with Gasteiger partial charge in [0.1, 0.15) is 5.92 Å². The van der Waals surface area contributed by atoms with Crippen LogP contribution in [0.5, 0.6) is 0 Å². The van der Waals surface area contributed by atoms with Gasteiger partial charge in [0.15, 0.2) is 12.4 Å². The van der Waals surface area contributed by atoms with Crippen LogP contribution in [0.25, 0.3) is 10.9 Å². The van der Waals surface area contributed by atoms with Gasteiger partial charge in [-0.05, 0) is 43.7 Å². The molecule has 0 saturated carbocycles. The largest absolute Gasteiger partial charge is 0.454 e. The summed E-state index contributed by atoms with van der Waals surface area (Å²) < 4.78 is 5.27. The first-order valence-electron chi connectivity index (χ1n) is 8.97. The number of fused-ring (bicyclic) bond motifs is 2. The van der Waals surface area contributed by atoms with Gasteiger partial charge in [-0.25, -0.2) is 4.79 Å². The number of aromatic nitrogens is 1. The van der Waals surface area contributed by atoms with Gasteiger partial charge in [-0.3, -0.25) is 9.78 Å². The maximum atomic E-state index is 12.9. The molecule has 6 nitrogen and oxygen atoms in total. The van der Waals surface area contributed by atoms with Crippen LogP contribution in [0.3, 0.4) is 0 Å². The number of benzene rings is 1. The number of nitriles is 1. The van der Waals surface area contributed by atoms with Gasteiger partial charge in [0.05, 0.1) is 17.1 Å². The lowest BCUT2D eigenvalue weighted by Crippen LogP contribution is -2.26. The fourth-order valence-corrected chi connectivity index (χ4v) is 3.50. The number of carbonyl (C=O) groups is 2. The number of pyridine rings is 1. The summed E-state index contributed by atoms with van der Waals surface area (Å²) in [4.78, 5) is 29.7. The molecule has 1 aromatic heterocycles. The molecule has 1 aliphatic rings. The van der Waals surface area contributed by atoms with Crippen molar-refractivity contribution in [3.8, 4) is 6.07 Å². The van der Waals surface area contributed by atoms with Crippen molar-refractivity contribution in [2.45, 2.75) is 33.1 Å². The summed E-state index contributed by atoms with van der Waals surface area (Å²) in [5.41, 5.74) is 2.95.